The molecule has 0 aliphatic carbocycles. The zero-order chi connectivity index (χ0) is 10.8. The van der Waals surface area contributed by atoms with Crippen molar-refractivity contribution in [1.82, 2.24) is 5.32 Å². The van der Waals surface area contributed by atoms with Crippen molar-refractivity contribution in [2.24, 2.45) is 0 Å². The fraction of sp³-hybridized carbons (Fsp3) is 0.714. The van der Waals surface area contributed by atoms with Gasteiger partial charge in [-0.25, -0.2) is 4.79 Å². The Labute approximate surface area is 89.6 Å². The van der Waals surface area contributed by atoms with Crippen molar-refractivity contribution in [2.75, 3.05) is 26.0 Å². The van der Waals surface area contributed by atoms with E-state index in [9.17, 15) is 9.59 Å². The van der Waals surface area contributed by atoms with Crippen LogP contribution in [0.2, 0.25) is 0 Å². The topological polar surface area (TPSA) is 64.6 Å². The standard InChI is InChI=1S/C7H14NO4PS/c1-11-7(10)8-3-2-6(9)14-5-4-12-13/h2-5,13H2,1H3,(H,8,10). The van der Waals surface area contributed by atoms with E-state index in [4.69, 9.17) is 4.52 Å². The molecule has 0 aliphatic rings. The number of hydrogen-bond donors (Lipinski definition) is 1. The second-order valence-electron chi connectivity index (χ2n) is 2.26. The van der Waals surface area contributed by atoms with Gasteiger partial charge in [-0.2, -0.15) is 0 Å². The minimum Gasteiger partial charge on any atom is -0.453 e. The molecule has 0 rings (SSSR count). The van der Waals surface area contributed by atoms with Crippen LogP contribution in [0, 0.1) is 0 Å². The number of alkyl carbamates (subject to hydrolysis) is 1. The SMILES string of the molecule is COC(=O)NCCC(=O)SCCOP. The predicted octanol–water partition coefficient (Wildman–Crippen LogP) is 0.799. The lowest BCUT2D eigenvalue weighted by Gasteiger charge is -2.02. The van der Waals surface area contributed by atoms with Gasteiger partial charge >= 0.3 is 6.09 Å². The molecule has 0 aromatic rings. The molecular weight excluding hydrogens is 225 g/mol. The molecule has 14 heavy (non-hydrogen) atoms. The number of carbonyl (C=O) groups excluding carboxylic acids is 2. The first kappa shape index (κ1) is 13.7. The average Bonchev–Trinajstić information content (AvgIpc) is 2.18. The van der Waals surface area contributed by atoms with Crippen LogP contribution in [0.3, 0.4) is 0 Å². The summed E-state index contributed by atoms with van der Waals surface area (Å²) in [7, 11) is 3.40. The van der Waals surface area contributed by atoms with Gasteiger partial charge in [0.25, 0.3) is 0 Å². The van der Waals surface area contributed by atoms with E-state index in [1.807, 2.05) is 0 Å². The van der Waals surface area contributed by atoms with Gasteiger partial charge < -0.3 is 14.6 Å². The Morgan fingerprint density at radius 1 is 1.50 bits per heavy atom. The zero-order valence-electron chi connectivity index (χ0n) is 7.95. The van der Waals surface area contributed by atoms with Crippen molar-refractivity contribution in [3.8, 4) is 0 Å². The summed E-state index contributed by atoms with van der Waals surface area (Å²) < 4.78 is 9.05. The predicted molar refractivity (Wildman–Crippen MR) is 58.2 cm³/mol. The molecule has 0 aromatic carbocycles. The van der Waals surface area contributed by atoms with Gasteiger partial charge in [-0.1, -0.05) is 11.8 Å². The quantitative estimate of drug-likeness (QED) is 0.548. The molecule has 1 unspecified atom stereocenters. The molecule has 0 spiro atoms. The van der Waals surface area contributed by atoms with Crippen molar-refractivity contribution in [1.29, 1.82) is 0 Å². The van der Waals surface area contributed by atoms with Gasteiger partial charge in [0.1, 0.15) is 0 Å². The number of ether oxygens (including phenoxy) is 1. The van der Waals surface area contributed by atoms with E-state index >= 15 is 0 Å². The third-order valence-electron chi connectivity index (χ3n) is 1.25. The summed E-state index contributed by atoms with van der Waals surface area (Å²) in [5.41, 5.74) is 0. The van der Waals surface area contributed by atoms with Crippen molar-refractivity contribution in [3.63, 3.8) is 0 Å². The summed E-state index contributed by atoms with van der Waals surface area (Å²) >= 11 is 1.19. The van der Waals surface area contributed by atoms with Gasteiger partial charge in [0, 0.05) is 28.2 Å². The Morgan fingerprint density at radius 2 is 2.21 bits per heavy atom. The Kier molecular flexibility index (Phi) is 9.03. The lowest BCUT2D eigenvalue weighted by Crippen LogP contribution is -2.25. The Hall–Kier alpha value is -0.320. The summed E-state index contributed by atoms with van der Waals surface area (Å²) in [6, 6.07) is 0. The van der Waals surface area contributed by atoms with Gasteiger partial charge in [-0.15, -0.1) is 0 Å². The van der Waals surface area contributed by atoms with Crippen LogP contribution in [0.5, 0.6) is 0 Å². The van der Waals surface area contributed by atoms with Crippen LogP contribution in [0.25, 0.3) is 0 Å². The second-order valence-corrected chi connectivity index (χ2v) is 3.75. The van der Waals surface area contributed by atoms with E-state index in [2.05, 4.69) is 19.5 Å². The number of carbonyl (C=O) groups is 2. The number of nitrogens with one attached hydrogen (secondary N) is 1. The van der Waals surface area contributed by atoms with Gasteiger partial charge in [-0.05, 0) is 0 Å². The molecule has 1 amide bonds. The normalized spacial score (nSPS) is 9.57. The fourth-order valence-corrected chi connectivity index (χ4v) is 1.56. The summed E-state index contributed by atoms with van der Waals surface area (Å²) in [5, 5.41) is 2.45. The molecule has 0 heterocycles. The van der Waals surface area contributed by atoms with Crippen molar-refractivity contribution in [2.45, 2.75) is 6.42 Å². The molecule has 0 aliphatic heterocycles. The lowest BCUT2D eigenvalue weighted by atomic mass is 10.5. The van der Waals surface area contributed by atoms with Crippen LogP contribution in [0.15, 0.2) is 0 Å². The van der Waals surface area contributed by atoms with Gasteiger partial charge in [0.15, 0.2) is 5.12 Å². The van der Waals surface area contributed by atoms with Crippen LogP contribution >= 0.6 is 21.2 Å². The molecule has 82 valence electrons. The maximum atomic E-state index is 11.1. The third kappa shape index (κ3) is 8.29. The maximum absolute atomic E-state index is 11.1. The van der Waals surface area contributed by atoms with Gasteiger partial charge in [0.2, 0.25) is 0 Å². The Balaban J connectivity index is 3.31. The van der Waals surface area contributed by atoms with Gasteiger partial charge in [-0.3, -0.25) is 4.79 Å². The first-order valence-electron chi connectivity index (χ1n) is 3.99. The Bertz CT molecular complexity index is 191. The zero-order valence-corrected chi connectivity index (χ0v) is 9.92. The second kappa shape index (κ2) is 9.24. The van der Waals surface area contributed by atoms with Crippen LogP contribution in [0.4, 0.5) is 4.79 Å². The highest BCUT2D eigenvalue weighted by molar-refractivity contribution is 8.13. The molecule has 0 saturated carbocycles. The first-order chi connectivity index (χ1) is 6.70. The molecule has 7 heteroatoms. The van der Waals surface area contributed by atoms with E-state index < -0.39 is 6.09 Å². The lowest BCUT2D eigenvalue weighted by molar-refractivity contribution is -0.110. The minimum absolute atomic E-state index is 0.0310. The van der Waals surface area contributed by atoms with Crippen LogP contribution in [0.1, 0.15) is 6.42 Å². The first-order valence-corrected chi connectivity index (χ1v) is 5.45. The highest BCUT2D eigenvalue weighted by Gasteiger charge is 2.03. The fourth-order valence-electron chi connectivity index (χ4n) is 0.615. The highest BCUT2D eigenvalue weighted by atomic mass is 32.2. The van der Waals surface area contributed by atoms with Crippen LogP contribution < -0.4 is 5.32 Å². The van der Waals surface area contributed by atoms with E-state index in [-0.39, 0.29) is 5.12 Å². The molecular formula is C7H14NO4PS. The van der Waals surface area contributed by atoms with E-state index in [0.29, 0.717) is 25.3 Å². The molecule has 1 N–H and O–H groups in total. The Morgan fingerprint density at radius 3 is 2.79 bits per heavy atom. The monoisotopic (exact) mass is 239 g/mol. The molecule has 0 bridgehead atoms. The molecule has 0 saturated heterocycles. The largest absolute Gasteiger partial charge is 0.453 e. The minimum atomic E-state index is -0.518. The van der Waals surface area contributed by atoms with Crippen molar-refractivity contribution >= 4 is 32.4 Å². The van der Waals surface area contributed by atoms with E-state index in [1.165, 1.54) is 18.9 Å². The number of hydrogen-bond acceptors (Lipinski definition) is 5. The summed E-state index contributed by atoms with van der Waals surface area (Å²) in [4.78, 5) is 21.7. The molecule has 1 atom stereocenters. The van der Waals surface area contributed by atoms with Gasteiger partial charge in [0.05, 0.1) is 13.7 Å². The van der Waals surface area contributed by atoms with Crippen molar-refractivity contribution < 1.29 is 18.8 Å². The molecule has 5 nitrogen and oxygen atoms in total. The highest BCUT2D eigenvalue weighted by Crippen LogP contribution is 2.05. The smallest absolute Gasteiger partial charge is 0.406 e. The van der Waals surface area contributed by atoms with E-state index in [1.54, 1.807) is 0 Å². The number of thioether (sulfide) groups is 1. The van der Waals surface area contributed by atoms with Crippen molar-refractivity contribution in [3.05, 3.63) is 0 Å². The number of methoxy groups -OCH3 is 1. The average molecular weight is 239 g/mol. The maximum Gasteiger partial charge on any atom is 0.406 e. The summed E-state index contributed by atoms with van der Waals surface area (Å²) in [6.45, 7) is 0.825. The number of amides is 1. The third-order valence-corrected chi connectivity index (χ3v) is 2.38. The molecule has 0 fully saturated rings. The summed E-state index contributed by atoms with van der Waals surface area (Å²) in [6.07, 6.45) is -0.215. The summed E-state index contributed by atoms with van der Waals surface area (Å²) in [5.74, 6) is 0.626. The molecule has 0 radical (unpaired) electrons. The van der Waals surface area contributed by atoms with Crippen LogP contribution in [-0.4, -0.2) is 37.2 Å². The van der Waals surface area contributed by atoms with Crippen LogP contribution in [-0.2, 0) is 14.1 Å². The number of rotatable bonds is 6. The molecule has 0 aromatic heterocycles. The van der Waals surface area contributed by atoms with E-state index in [0.717, 1.165) is 0 Å².